The minimum atomic E-state index is 0.174. The van der Waals surface area contributed by atoms with Crippen LogP contribution >= 0.6 is 0 Å². The zero-order valence-electron chi connectivity index (χ0n) is 14.4. The summed E-state index contributed by atoms with van der Waals surface area (Å²) in [7, 11) is 0. The average Bonchev–Trinajstić information content (AvgIpc) is 3.02. The zero-order chi connectivity index (χ0) is 16.9. The van der Waals surface area contributed by atoms with Crippen LogP contribution in [-0.2, 0) is 4.74 Å². The third-order valence-corrected chi connectivity index (χ3v) is 4.61. The lowest BCUT2D eigenvalue weighted by atomic mass is 10.1. The highest BCUT2D eigenvalue weighted by Crippen LogP contribution is 2.24. The summed E-state index contributed by atoms with van der Waals surface area (Å²) in [6.45, 7) is 5.45. The van der Waals surface area contributed by atoms with Crippen LogP contribution < -0.4 is 15.0 Å². The first-order chi connectivity index (χ1) is 12.4. The minimum absolute atomic E-state index is 0.174. The van der Waals surface area contributed by atoms with Crippen molar-refractivity contribution in [1.82, 2.24) is 15.3 Å². The van der Waals surface area contributed by atoms with Gasteiger partial charge in [-0.2, -0.15) is 0 Å². The molecule has 1 aromatic carbocycles. The van der Waals surface area contributed by atoms with Gasteiger partial charge in [0, 0.05) is 37.8 Å². The summed E-state index contributed by atoms with van der Waals surface area (Å²) in [5.41, 5.74) is 2.02. The van der Waals surface area contributed by atoms with Gasteiger partial charge in [-0.05, 0) is 43.3 Å². The van der Waals surface area contributed by atoms with Crippen molar-refractivity contribution in [3.8, 4) is 17.0 Å². The van der Waals surface area contributed by atoms with Crippen molar-refractivity contribution in [3.05, 3.63) is 36.5 Å². The summed E-state index contributed by atoms with van der Waals surface area (Å²) in [6.07, 6.45) is 4.09. The largest absolute Gasteiger partial charge is 0.488 e. The molecule has 6 heteroatoms. The molecule has 4 rings (SSSR count). The van der Waals surface area contributed by atoms with E-state index in [0.29, 0.717) is 6.61 Å². The highest BCUT2D eigenvalue weighted by Gasteiger charge is 2.17. The molecule has 1 aromatic heterocycles. The highest BCUT2D eigenvalue weighted by molar-refractivity contribution is 5.61. The summed E-state index contributed by atoms with van der Waals surface area (Å²) in [6, 6.07) is 10.1. The van der Waals surface area contributed by atoms with Crippen LogP contribution in [-0.4, -0.2) is 55.5 Å². The normalized spacial score (nSPS) is 21.1. The molecule has 2 aliphatic rings. The topological polar surface area (TPSA) is 59.5 Å². The molecule has 3 heterocycles. The van der Waals surface area contributed by atoms with Crippen molar-refractivity contribution >= 4 is 5.95 Å². The second-order valence-corrected chi connectivity index (χ2v) is 6.46. The molecule has 2 aromatic rings. The predicted molar refractivity (Wildman–Crippen MR) is 97.0 cm³/mol. The fourth-order valence-electron chi connectivity index (χ4n) is 3.21. The van der Waals surface area contributed by atoms with Gasteiger partial charge in [-0.15, -0.1) is 0 Å². The van der Waals surface area contributed by atoms with E-state index in [1.54, 1.807) is 0 Å². The van der Waals surface area contributed by atoms with E-state index in [-0.39, 0.29) is 6.10 Å². The first-order valence-corrected chi connectivity index (χ1v) is 9.02. The lowest BCUT2D eigenvalue weighted by Gasteiger charge is -2.20. The Hall–Kier alpha value is -2.18. The predicted octanol–water partition coefficient (Wildman–Crippen LogP) is 2.11. The van der Waals surface area contributed by atoms with Gasteiger partial charge in [0.15, 0.2) is 0 Å². The zero-order valence-corrected chi connectivity index (χ0v) is 14.4. The third-order valence-electron chi connectivity index (χ3n) is 4.61. The van der Waals surface area contributed by atoms with Gasteiger partial charge in [-0.3, -0.25) is 0 Å². The van der Waals surface area contributed by atoms with Crippen LogP contribution in [0.2, 0.25) is 0 Å². The molecular formula is C19H24N4O2. The van der Waals surface area contributed by atoms with Crippen molar-refractivity contribution in [2.75, 3.05) is 44.3 Å². The van der Waals surface area contributed by atoms with Crippen LogP contribution in [0, 0.1) is 0 Å². The minimum Gasteiger partial charge on any atom is -0.488 e. The van der Waals surface area contributed by atoms with Crippen LogP contribution in [0.4, 0.5) is 5.95 Å². The quantitative estimate of drug-likeness (QED) is 0.920. The maximum Gasteiger partial charge on any atom is 0.225 e. The fourth-order valence-corrected chi connectivity index (χ4v) is 3.21. The first kappa shape index (κ1) is 16.3. The number of rotatable bonds is 4. The number of hydrogen-bond acceptors (Lipinski definition) is 6. The van der Waals surface area contributed by atoms with Gasteiger partial charge in [-0.25, -0.2) is 9.97 Å². The van der Waals surface area contributed by atoms with Crippen molar-refractivity contribution in [1.29, 1.82) is 0 Å². The van der Waals surface area contributed by atoms with E-state index < -0.39 is 0 Å². The first-order valence-electron chi connectivity index (χ1n) is 9.02. The number of anilines is 1. The number of ether oxygens (including phenoxy) is 2. The van der Waals surface area contributed by atoms with Crippen LogP contribution in [0.3, 0.4) is 0 Å². The molecule has 0 spiro atoms. The molecule has 132 valence electrons. The Balaban J connectivity index is 1.48. The Morgan fingerprint density at radius 2 is 2.04 bits per heavy atom. The Morgan fingerprint density at radius 3 is 2.88 bits per heavy atom. The molecule has 1 unspecified atom stereocenters. The highest BCUT2D eigenvalue weighted by atomic mass is 16.5. The summed E-state index contributed by atoms with van der Waals surface area (Å²) in [5.74, 6) is 1.69. The number of aromatic nitrogens is 2. The van der Waals surface area contributed by atoms with Crippen LogP contribution in [0.25, 0.3) is 11.3 Å². The maximum atomic E-state index is 5.93. The molecule has 2 saturated heterocycles. The second kappa shape index (κ2) is 7.80. The number of hydrogen-bond donors (Lipinski definition) is 1. The van der Waals surface area contributed by atoms with E-state index in [2.05, 4.69) is 27.3 Å². The summed E-state index contributed by atoms with van der Waals surface area (Å²) in [5, 5.41) is 3.41. The summed E-state index contributed by atoms with van der Waals surface area (Å²) < 4.78 is 11.3. The van der Waals surface area contributed by atoms with E-state index in [1.165, 1.54) is 0 Å². The number of nitrogens with zero attached hydrogens (tertiary/aromatic N) is 3. The fraction of sp³-hybridized carbons (Fsp3) is 0.474. The van der Waals surface area contributed by atoms with Gasteiger partial charge < -0.3 is 19.7 Å². The molecule has 0 bridgehead atoms. The third kappa shape index (κ3) is 4.08. The molecule has 6 nitrogen and oxygen atoms in total. The summed E-state index contributed by atoms with van der Waals surface area (Å²) in [4.78, 5) is 11.5. The standard InChI is InChI=1S/C19H24N4O2/c1-8-20-10-12-23(11-1)19-21-9-6-18(22-19)15-2-4-16(5-3-15)25-17-7-13-24-14-17/h2-6,9,17,20H,1,7-8,10-14H2. The Labute approximate surface area is 148 Å². The SMILES string of the molecule is c1cc(-c2ccc(OC3CCOC3)cc2)nc(N2CCCNCC2)n1. The smallest absolute Gasteiger partial charge is 0.225 e. The van der Waals surface area contributed by atoms with Gasteiger partial charge in [-0.1, -0.05) is 0 Å². The van der Waals surface area contributed by atoms with Gasteiger partial charge in [0.05, 0.1) is 18.9 Å². The Bertz CT molecular complexity index is 678. The molecule has 0 aliphatic carbocycles. The van der Waals surface area contributed by atoms with E-state index >= 15 is 0 Å². The molecule has 0 radical (unpaired) electrons. The van der Waals surface area contributed by atoms with Gasteiger partial charge in [0.2, 0.25) is 5.95 Å². The molecule has 1 N–H and O–H groups in total. The van der Waals surface area contributed by atoms with Crippen molar-refractivity contribution < 1.29 is 9.47 Å². The van der Waals surface area contributed by atoms with Crippen LogP contribution in [0.5, 0.6) is 5.75 Å². The van der Waals surface area contributed by atoms with E-state index in [9.17, 15) is 0 Å². The molecule has 1 atom stereocenters. The second-order valence-electron chi connectivity index (χ2n) is 6.46. The van der Waals surface area contributed by atoms with E-state index in [0.717, 1.165) is 68.6 Å². The Morgan fingerprint density at radius 1 is 1.12 bits per heavy atom. The van der Waals surface area contributed by atoms with Crippen LogP contribution in [0.15, 0.2) is 36.5 Å². The maximum absolute atomic E-state index is 5.93. The molecule has 2 fully saturated rings. The molecule has 2 aliphatic heterocycles. The summed E-state index contributed by atoms with van der Waals surface area (Å²) >= 11 is 0. The lowest BCUT2D eigenvalue weighted by Crippen LogP contribution is -2.29. The van der Waals surface area contributed by atoms with Gasteiger partial charge in [0.25, 0.3) is 0 Å². The molecule has 0 saturated carbocycles. The van der Waals surface area contributed by atoms with Gasteiger partial charge in [0.1, 0.15) is 11.9 Å². The number of benzene rings is 1. The average molecular weight is 340 g/mol. The lowest BCUT2D eigenvalue weighted by molar-refractivity contribution is 0.141. The molecule has 25 heavy (non-hydrogen) atoms. The van der Waals surface area contributed by atoms with Crippen molar-refractivity contribution in [3.63, 3.8) is 0 Å². The van der Waals surface area contributed by atoms with E-state index in [4.69, 9.17) is 14.5 Å². The number of nitrogens with one attached hydrogen (secondary N) is 1. The monoisotopic (exact) mass is 340 g/mol. The Kier molecular flexibility index (Phi) is 5.09. The molecule has 0 amide bonds. The van der Waals surface area contributed by atoms with Crippen LogP contribution in [0.1, 0.15) is 12.8 Å². The van der Waals surface area contributed by atoms with E-state index in [1.807, 2.05) is 24.4 Å². The van der Waals surface area contributed by atoms with Crippen molar-refractivity contribution in [2.24, 2.45) is 0 Å². The molecular weight excluding hydrogens is 316 g/mol. The van der Waals surface area contributed by atoms with Crippen molar-refractivity contribution in [2.45, 2.75) is 18.9 Å². The van der Waals surface area contributed by atoms with Gasteiger partial charge >= 0.3 is 0 Å².